The standard InChI is InChI=1S/C23H30ClN3O3S/c1-17-9-10-21(14-22(17)24)27(31(3,29)30)18(2)23(28)25-15-19-7-6-8-20(13-19)16-26-11-4-5-12-26/h6-10,13-14,18H,4-5,11-12,15-16H2,1-3H3,(H,25,28)/t18-/m1/s1. The van der Waals surface area contributed by atoms with Crippen molar-refractivity contribution in [1.29, 1.82) is 0 Å². The molecule has 6 nitrogen and oxygen atoms in total. The Hall–Kier alpha value is -2.09. The van der Waals surface area contributed by atoms with Gasteiger partial charge in [-0.2, -0.15) is 0 Å². The van der Waals surface area contributed by atoms with Gasteiger partial charge in [0.1, 0.15) is 6.04 Å². The highest BCUT2D eigenvalue weighted by molar-refractivity contribution is 7.92. The van der Waals surface area contributed by atoms with Crippen molar-refractivity contribution in [2.24, 2.45) is 0 Å². The summed E-state index contributed by atoms with van der Waals surface area (Å²) in [6, 6.07) is 12.2. The molecule has 168 valence electrons. The first-order valence-corrected chi connectivity index (χ1v) is 12.7. The van der Waals surface area contributed by atoms with Crippen molar-refractivity contribution in [3.8, 4) is 0 Å². The van der Waals surface area contributed by atoms with Crippen molar-refractivity contribution >= 4 is 33.2 Å². The molecule has 1 aliphatic heterocycles. The van der Waals surface area contributed by atoms with Crippen LogP contribution in [0.4, 0.5) is 5.69 Å². The Morgan fingerprint density at radius 1 is 1.16 bits per heavy atom. The first-order valence-electron chi connectivity index (χ1n) is 10.5. The van der Waals surface area contributed by atoms with Crippen molar-refractivity contribution in [2.75, 3.05) is 23.7 Å². The van der Waals surface area contributed by atoms with Crippen LogP contribution in [-0.4, -0.2) is 44.6 Å². The summed E-state index contributed by atoms with van der Waals surface area (Å²) in [4.78, 5) is 15.3. The number of rotatable bonds is 8. The van der Waals surface area contributed by atoms with Crippen LogP contribution in [0, 0.1) is 6.92 Å². The molecule has 0 spiro atoms. The Labute approximate surface area is 190 Å². The maximum Gasteiger partial charge on any atom is 0.243 e. The van der Waals surface area contributed by atoms with Crippen LogP contribution in [0.3, 0.4) is 0 Å². The molecule has 31 heavy (non-hydrogen) atoms. The highest BCUT2D eigenvalue weighted by Gasteiger charge is 2.29. The van der Waals surface area contributed by atoms with Gasteiger partial charge in [-0.05, 0) is 68.6 Å². The number of benzene rings is 2. The van der Waals surface area contributed by atoms with Gasteiger partial charge in [0.25, 0.3) is 0 Å². The van der Waals surface area contributed by atoms with Gasteiger partial charge >= 0.3 is 0 Å². The Morgan fingerprint density at radius 3 is 2.48 bits per heavy atom. The van der Waals surface area contributed by atoms with Crippen LogP contribution in [0.1, 0.15) is 36.5 Å². The first-order chi connectivity index (χ1) is 14.6. The minimum absolute atomic E-state index is 0.337. The average molecular weight is 464 g/mol. The maximum atomic E-state index is 12.8. The molecule has 3 rings (SSSR count). The number of sulfonamides is 1. The number of nitrogens with one attached hydrogen (secondary N) is 1. The van der Waals surface area contributed by atoms with E-state index in [2.05, 4.69) is 22.3 Å². The fourth-order valence-electron chi connectivity index (χ4n) is 3.90. The SMILES string of the molecule is Cc1ccc(N([C@H](C)C(=O)NCc2cccc(CN3CCCC3)c2)S(C)(=O)=O)cc1Cl. The number of anilines is 1. The molecule has 0 aromatic heterocycles. The van der Waals surface area contributed by atoms with Gasteiger partial charge < -0.3 is 5.32 Å². The molecule has 1 amide bonds. The van der Waals surface area contributed by atoms with Crippen LogP contribution in [0.2, 0.25) is 5.02 Å². The lowest BCUT2D eigenvalue weighted by atomic mass is 10.1. The Kier molecular flexibility index (Phi) is 7.62. The molecule has 2 aromatic carbocycles. The normalized spacial score (nSPS) is 15.6. The van der Waals surface area contributed by atoms with Crippen LogP contribution >= 0.6 is 11.6 Å². The molecule has 0 bridgehead atoms. The molecule has 2 aromatic rings. The van der Waals surface area contributed by atoms with Crippen molar-refractivity contribution in [3.05, 3.63) is 64.2 Å². The minimum Gasteiger partial charge on any atom is -0.350 e. The summed E-state index contributed by atoms with van der Waals surface area (Å²) in [7, 11) is -3.69. The molecule has 1 fully saturated rings. The van der Waals surface area contributed by atoms with Gasteiger partial charge in [0.2, 0.25) is 15.9 Å². The summed E-state index contributed by atoms with van der Waals surface area (Å²) >= 11 is 6.18. The molecule has 8 heteroatoms. The predicted octanol–water partition coefficient (Wildman–Crippen LogP) is 3.72. The molecule has 1 aliphatic rings. The number of nitrogens with zero attached hydrogens (tertiary/aromatic N) is 2. The quantitative estimate of drug-likeness (QED) is 0.647. The second kappa shape index (κ2) is 10.0. The predicted molar refractivity (Wildman–Crippen MR) is 126 cm³/mol. The number of carbonyl (C=O) groups excluding carboxylic acids is 1. The van der Waals surface area contributed by atoms with Gasteiger partial charge in [0, 0.05) is 18.1 Å². The van der Waals surface area contributed by atoms with E-state index in [1.165, 1.54) is 18.4 Å². The Balaban J connectivity index is 1.68. The van der Waals surface area contributed by atoms with E-state index in [-0.39, 0.29) is 5.91 Å². The lowest BCUT2D eigenvalue weighted by Gasteiger charge is -2.28. The van der Waals surface area contributed by atoms with E-state index in [0.717, 1.165) is 41.3 Å². The molecule has 0 unspecified atom stereocenters. The van der Waals surface area contributed by atoms with Gasteiger partial charge in [-0.15, -0.1) is 0 Å². The van der Waals surface area contributed by atoms with Crippen molar-refractivity contribution in [3.63, 3.8) is 0 Å². The first kappa shape index (κ1) is 23.6. The van der Waals surface area contributed by atoms with Gasteiger partial charge in [0.15, 0.2) is 0 Å². The van der Waals surface area contributed by atoms with Crippen molar-refractivity contribution < 1.29 is 13.2 Å². The molecule has 0 radical (unpaired) electrons. The number of carbonyl (C=O) groups is 1. The minimum atomic E-state index is -3.69. The molecular weight excluding hydrogens is 434 g/mol. The number of hydrogen-bond donors (Lipinski definition) is 1. The van der Waals surface area contributed by atoms with E-state index in [9.17, 15) is 13.2 Å². The molecule has 1 heterocycles. The third-order valence-electron chi connectivity index (χ3n) is 5.56. The fraction of sp³-hybridized carbons (Fsp3) is 0.435. The monoisotopic (exact) mass is 463 g/mol. The topological polar surface area (TPSA) is 69.7 Å². The molecular formula is C23H30ClN3O3S. The van der Waals surface area contributed by atoms with E-state index < -0.39 is 16.1 Å². The number of hydrogen-bond acceptors (Lipinski definition) is 4. The van der Waals surface area contributed by atoms with E-state index in [1.54, 1.807) is 25.1 Å². The highest BCUT2D eigenvalue weighted by Crippen LogP contribution is 2.26. The largest absolute Gasteiger partial charge is 0.350 e. The fourth-order valence-corrected chi connectivity index (χ4v) is 5.24. The smallest absolute Gasteiger partial charge is 0.243 e. The van der Waals surface area contributed by atoms with E-state index in [4.69, 9.17) is 11.6 Å². The zero-order valence-corrected chi connectivity index (χ0v) is 19.8. The van der Waals surface area contributed by atoms with Crippen LogP contribution in [0.25, 0.3) is 0 Å². The van der Waals surface area contributed by atoms with Crippen LogP contribution in [0.15, 0.2) is 42.5 Å². The maximum absolute atomic E-state index is 12.8. The number of likely N-dealkylation sites (tertiary alicyclic amines) is 1. The Bertz CT molecular complexity index is 1040. The third-order valence-corrected chi connectivity index (χ3v) is 7.21. The lowest BCUT2D eigenvalue weighted by Crippen LogP contribution is -2.47. The molecule has 0 saturated carbocycles. The second-order valence-electron chi connectivity index (χ2n) is 8.19. The molecule has 1 saturated heterocycles. The summed E-state index contributed by atoms with van der Waals surface area (Å²) in [6.45, 7) is 6.92. The van der Waals surface area contributed by atoms with Gasteiger partial charge in [0.05, 0.1) is 11.9 Å². The molecule has 1 atom stereocenters. The third kappa shape index (κ3) is 6.21. The summed E-state index contributed by atoms with van der Waals surface area (Å²) < 4.78 is 26.0. The summed E-state index contributed by atoms with van der Waals surface area (Å²) in [5.41, 5.74) is 3.41. The molecule has 0 aliphatic carbocycles. The summed E-state index contributed by atoms with van der Waals surface area (Å²) in [5, 5.41) is 3.33. The van der Waals surface area contributed by atoms with Crippen molar-refractivity contribution in [2.45, 2.75) is 45.8 Å². The molecule has 1 N–H and O–H groups in total. The summed E-state index contributed by atoms with van der Waals surface area (Å²) in [6.07, 6.45) is 3.58. The highest BCUT2D eigenvalue weighted by atomic mass is 35.5. The van der Waals surface area contributed by atoms with Gasteiger partial charge in [-0.3, -0.25) is 14.0 Å². The van der Waals surface area contributed by atoms with E-state index >= 15 is 0 Å². The average Bonchev–Trinajstić information content (AvgIpc) is 3.21. The summed E-state index contributed by atoms with van der Waals surface area (Å²) in [5.74, 6) is -0.368. The van der Waals surface area contributed by atoms with Crippen LogP contribution in [-0.2, 0) is 27.9 Å². The number of halogens is 1. The second-order valence-corrected chi connectivity index (χ2v) is 10.5. The van der Waals surface area contributed by atoms with E-state index in [0.29, 0.717) is 17.3 Å². The number of aryl methyl sites for hydroxylation is 1. The lowest BCUT2D eigenvalue weighted by molar-refractivity contribution is -0.122. The van der Waals surface area contributed by atoms with Crippen LogP contribution < -0.4 is 9.62 Å². The zero-order chi connectivity index (χ0) is 22.6. The van der Waals surface area contributed by atoms with Crippen LogP contribution in [0.5, 0.6) is 0 Å². The van der Waals surface area contributed by atoms with Crippen molar-refractivity contribution in [1.82, 2.24) is 10.2 Å². The Morgan fingerprint density at radius 2 is 1.84 bits per heavy atom. The van der Waals surface area contributed by atoms with Gasteiger partial charge in [-0.1, -0.05) is 41.9 Å². The van der Waals surface area contributed by atoms with E-state index in [1.807, 2.05) is 19.1 Å². The number of amides is 1. The van der Waals surface area contributed by atoms with Gasteiger partial charge in [-0.25, -0.2) is 8.42 Å². The zero-order valence-electron chi connectivity index (χ0n) is 18.3.